The van der Waals surface area contributed by atoms with Crippen LogP contribution < -0.4 is 5.32 Å². The van der Waals surface area contributed by atoms with Crippen LogP contribution in [0.25, 0.3) is 21.3 Å². The van der Waals surface area contributed by atoms with Gasteiger partial charge in [-0.3, -0.25) is 9.78 Å². The molecule has 0 unspecified atom stereocenters. The van der Waals surface area contributed by atoms with E-state index in [1.165, 1.54) is 38.6 Å². The highest BCUT2D eigenvalue weighted by Gasteiger charge is 2.18. The average Bonchev–Trinajstić information content (AvgIpc) is 2.95. The van der Waals surface area contributed by atoms with Crippen LogP contribution in [0.1, 0.15) is 6.92 Å². The van der Waals surface area contributed by atoms with Gasteiger partial charge < -0.3 is 5.32 Å². The summed E-state index contributed by atoms with van der Waals surface area (Å²) in [7, 11) is -0.583. The quantitative estimate of drug-likeness (QED) is 0.755. The lowest BCUT2D eigenvalue weighted by Crippen LogP contribution is -2.22. The third-order valence-corrected chi connectivity index (χ3v) is 6.21. The van der Waals surface area contributed by atoms with Crippen molar-refractivity contribution in [1.29, 1.82) is 0 Å². The molecule has 130 valence electrons. The number of pyridine rings is 1. The number of sulfonamides is 1. The number of aromatic nitrogens is 2. The largest absolute Gasteiger partial charge is 0.302 e. The molecule has 7 nitrogen and oxygen atoms in total. The number of rotatable bonds is 4. The zero-order valence-corrected chi connectivity index (χ0v) is 15.5. The highest BCUT2D eigenvalue weighted by atomic mass is 32.2. The maximum absolute atomic E-state index is 12.3. The second kappa shape index (κ2) is 6.51. The van der Waals surface area contributed by atoms with E-state index in [0.29, 0.717) is 10.7 Å². The van der Waals surface area contributed by atoms with Gasteiger partial charge in [-0.2, -0.15) is 0 Å². The molecule has 0 atom stereocenters. The molecular weight excluding hydrogens is 360 g/mol. The molecule has 1 amide bonds. The second-order valence-electron chi connectivity index (χ2n) is 5.58. The molecule has 0 bridgehead atoms. The number of amides is 1. The minimum absolute atomic E-state index is 0.137. The number of anilines is 1. The van der Waals surface area contributed by atoms with Crippen molar-refractivity contribution in [1.82, 2.24) is 14.3 Å². The van der Waals surface area contributed by atoms with Crippen molar-refractivity contribution in [3.63, 3.8) is 0 Å². The number of hydrogen-bond acceptors (Lipinski definition) is 6. The van der Waals surface area contributed by atoms with E-state index in [0.717, 1.165) is 20.1 Å². The Balaban J connectivity index is 2.03. The molecular formula is C16H16N4O3S2. The van der Waals surface area contributed by atoms with Gasteiger partial charge >= 0.3 is 0 Å². The summed E-state index contributed by atoms with van der Waals surface area (Å²) in [6.07, 6.45) is 2.95. The average molecular weight is 376 g/mol. The summed E-state index contributed by atoms with van der Waals surface area (Å²) < 4.78 is 26.6. The van der Waals surface area contributed by atoms with Crippen LogP contribution in [0.4, 0.5) is 5.13 Å². The number of nitrogens with zero attached hydrogens (tertiary/aromatic N) is 3. The Labute approximate surface area is 149 Å². The van der Waals surface area contributed by atoms with E-state index in [2.05, 4.69) is 15.3 Å². The molecule has 0 aliphatic heterocycles. The fraction of sp³-hybridized carbons (Fsp3) is 0.188. The van der Waals surface area contributed by atoms with Crippen LogP contribution in [0, 0.1) is 0 Å². The van der Waals surface area contributed by atoms with Gasteiger partial charge in [-0.1, -0.05) is 17.4 Å². The fourth-order valence-corrected chi connectivity index (χ4v) is 4.08. The molecule has 1 N–H and O–H groups in total. The molecule has 0 saturated carbocycles. The monoisotopic (exact) mass is 376 g/mol. The van der Waals surface area contributed by atoms with Crippen molar-refractivity contribution in [3.8, 4) is 11.1 Å². The third kappa shape index (κ3) is 3.53. The van der Waals surface area contributed by atoms with Gasteiger partial charge in [0.25, 0.3) is 0 Å². The molecule has 0 fully saturated rings. The van der Waals surface area contributed by atoms with Gasteiger partial charge in [0, 0.05) is 39.0 Å². The Kier molecular flexibility index (Phi) is 4.55. The highest BCUT2D eigenvalue weighted by molar-refractivity contribution is 7.89. The van der Waals surface area contributed by atoms with Crippen LogP contribution in [0.2, 0.25) is 0 Å². The maximum Gasteiger partial charge on any atom is 0.244 e. The lowest BCUT2D eigenvalue weighted by Gasteiger charge is -2.11. The zero-order chi connectivity index (χ0) is 18.2. The van der Waals surface area contributed by atoms with E-state index >= 15 is 0 Å². The van der Waals surface area contributed by atoms with E-state index < -0.39 is 10.0 Å². The third-order valence-electron chi connectivity index (χ3n) is 3.50. The Hall–Kier alpha value is -2.36. The first-order valence-corrected chi connectivity index (χ1v) is 9.59. The summed E-state index contributed by atoms with van der Waals surface area (Å²) in [6, 6.07) is 7.18. The molecule has 0 radical (unpaired) electrons. The van der Waals surface area contributed by atoms with Gasteiger partial charge in [0.1, 0.15) is 4.90 Å². The molecule has 25 heavy (non-hydrogen) atoms. The topological polar surface area (TPSA) is 92.3 Å². The SMILES string of the molecule is CC(=O)Nc1nc2ccc(-c3cncc(S(=O)(=O)N(C)C)c3)cc2s1. The van der Waals surface area contributed by atoms with Gasteiger partial charge in [-0.25, -0.2) is 17.7 Å². The van der Waals surface area contributed by atoms with E-state index in [4.69, 9.17) is 0 Å². The Morgan fingerprint density at radius 3 is 2.60 bits per heavy atom. The van der Waals surface area contributed by atoms with E-state index in [1.807, 2.05) is 18.2 Å². The number of fused-ring (bicyclic) bond motifs is 1. The van der Waals surface area contributed by atoms with Crippen LogP contribution in [0.3, 0.4) is 0 Å². The summed E-state index contributed by atoms with van der Waals surface area (Å²) in [5, 5.41) is 3.20. The van der Waals surface area contributed by atoms with Crippen LogP contribution in [-0.2, 0) is 14.8 Å². The van der Waals surface area contributed by atoms with Crippen LogP contribution in [-0.4, -0.2) is 42.7 Å². The van der Waals surface area contributed by atoms with Crippen molar-refractivity contribution in [3.05, 3.63) is 36.7 Å². The van der Waals surface area contributed by atoms with Crippen LogP contribution in [0.15, 0.2) is 41.6 Å². The Bertz CT molecular complexity index is 1060. The number of nitrogens with one attached hydrogen (secondary N) is 1. The molecule has 0 spiro atoms. The number of carbonyl (C=O) groups is 1. The normalized spacial score (nSPS) is 11.8. The molecule has 9 heteroatoms. The lowest BCUT2D eigenvalue weighted by molar-refractivity contribution is -0.114. The maximum atomic E-state index is 12.3. The first kappa shape index (κ1) is 17.5. The fourth-order valence-electron chi connectivity index (χ4n) is 2.24. The lowest BCUT2D eigenvalue weighted by atomic mass is 10.1. The van der Waals surface area contributed by atoms with Crippen molar-refractivity contribution < 1.29 is 13.2 Å². The first-order chi connectivity index (χ1) is 11.8. The highest BCUT2D eigenvalue weighted by Crippen LogP contribution is 2.31. The second-order valence-corrected chi connectivity index (χ2v) is 8.76. The number of benzene rings is 1. The summed E-state index contributed by atoms with van der Waals surface area (Å²) >= 11 is 1.36. The van der Waals surface area contributed by atoms with Crippen molar-refractivity contribution >= 4 is 42.6 Å². The molecule has 0 aliphatic carbocycles. The first-order valence-electron chi connectivity index (χ1n) is 7.33. The molecule has 0 aliphatic rings. The van der Waals surface area contributed by atoms with Gasteiger partial charge in [-0.05, 0) is 23.8 Å². The number of carbonyl (C=O) groups excluding carboxylic acids is 1. The summed E-state index contributed by atoms with van der Waals surface area (Å²) in [4.78, 5) is 19.7. The molecule has 2 aromatic heterocycles. The van der Waals surface area contributed by atoms with Crippen molar-refractivity contribution in [2.24, 2.45) is 0 Å². The molecule has 0 saturated heterocycles. The zero-order valence-electron chi connectivity index (χ0n) is 13.8. The minimum Gasteiger partial charge on any atom is -0.302 e. The summed E-state index contributed by atoms with van der Waals surface area (Å²) in [5.74, 6) is -0.176. The molecule has 3 aromatic rings. The van der Waals surface area contributed by atoms with Crippen molar-refractivity contribution in [2.75, 3.05) is 19.4 Å². The number of hydrogen-bond donors (Lipinski definition) is 1. The molecule has 3 rings (SSSR count). The minimum atomic E-state index is -3.55. The van der Waals surface area contributed by atoms with E-state index in [1.54, 1.807) is 12.3 Å². The molecule has 1 aromatic carbocycles. The van der Waals surface area contributed by atoms with Crippen molar-refractivity contribution in [2.45, 2.75) is 11.8 Å². The van der Waals surface area contributed by atoms with E-state index in [9.17, 15) is 13.2 Å². The van der Waals surface area contributed by atoms with Gasteiger partial charge in [-0.15, -0.1) is 0 Å². The van der Waals surface area contributed by atoms with Crippen LogP contribution in [0.5, 0.6) is 0 Å². The van der Waals surface area contributed by atoms with Gasteiger partial charge in [0.15, 0.2) is 5.13 Å². The number of thiazole rings is 1. The Morgan fingerprint density at radius 2 is 1.92 bits per heavy atom. The predicted octanol–water partition coefficient (Wildman–Crippen LogP) is 2.57. The summed E-state index contributed by atoms with van der Waals surface area (Å²) in [5.41, 5.74) is 2.29. The van der Waals surface area contributed by atoms with Gasteiger partial charge in [0.05, 0.1) is 10.2 Å². The smallest absolute Gasteiger partial charge is 0.244 e. The van der Waals surface area contributed by atoms with Crippen LogP contribution >= 0.6 is 11.3 Å². The predicted molar refractivity (Wildman–Crippen MR) is 98.0 cm³/mol. The summed E-state index contributed by atoms with van der Waals surface area (Å²) in [6.45, 7) is 1.43. The standard InChI is InChI=1S/C16H16N4O3S2/c1-10(21)18-16-19-14-5-4-11(7-15(14)24-16)12-6-13(9-17-8-12)25(22,23)20(2)3/h4-9H,1-3H3,(H,18,19,21). The molecule has 2 heterocycles. The van der Waals surface area contributed by atoms with Gasteiger partial charge in [0.2, 0.25) is 15.9 Å². The Morgan fingerprint density at radius 1 is 1.16 bits per heavy atom. The van der Waals surface area contributed by atoms with E-state index in [-0.39, 0.29) is 10.8 Å².